The van der Waals surface area contributed by atoms with E-state index in [4.69, 9.17) is 10.5 Å². The molecule has 2 fully saturated rings. The zero-order valence-electron chi connectivity index (χ0n) is 19.6. The highest BCUT2D eigenvalue weighted by molar-refractivity contribution is 7.99. The zero-order chi connectivity index (χ0) is 24.0. The molecule has 2 aliphatic heterocycles. The SMILES string of the molecule is CCCCC[C@@H]1C[C@@H](C(=O)N[C@H](C(C)C)[C@H]2O[C@H](SC)[C@H](O)[C@@H](O)[C@H]2O)N(CC(N)=O)C1. The third kappa shape index (κ3) is 6.80. The number of nitrogens with one attached hydrogen (secondary N) is 1. The van der Waals surface area contributed by atoms with Crippen LogP contribution in [0.4, 0.5) is 0 Å². The smallest absolute Gasteiger partial charge is 0.237 e. The molecule has 2 amide bonds. The number of rotatable bonds is 11. The number of primary amides is 1. The summed E-state index contributed by atoms with van der Waals surface area (Å²) in [6.07, 6.45) is 1.95. The third-order valence-corrected chi connectivity index (χ3v) is 7.44. The highest BCUT2D eigenvalue weighted by atomic mass is 32.2. The molecule has 0 aromatic carbocycles. The van der Waals surface area contributed by atoms with E-state index >= 15 is 0 Å². The summed E-state index contributed by atoms with van der Waals surface area (Å²) in [6.45, 7) is 6.62. The Bertz CT molecular complexity index is 622. The first kappa shape index (κ1) is 27.3. The Labute approximate surface area is 195 Å². The third-order valence-electron chi connectivity index (χ3n) is 6.59. The highest BCUT2D eigenvalue weighted by Gasteiger charge is 2.48. The van der Waals surface area contributed by atoms with Crippen molar-refractivity contribution in [1.82, 2.24) is 10.2 Å². The molecule has 8 atom stereocenters. The molecule has 6 N–H and O–H groups in total. The highest BCUT2D eigenvalue weighted by Crippen LogP contribution is 2.31. The minimum absolute atomic E-state index is 0.0245. The van der Waals surface area contributed by atoms with E-state index in [0.717, 1.165) is 25.7 Å². The van der Waals surface area contributed by atoms with Crippen LogP contribution < -0.4 is 11.1 Å². The molecule has 9 nitrogen and oxygen atoms in total. The van der Waals surface area contributed by atoms with Gasteiger partial charge in [-0.3, -0.25) is 14.5 Å². The summed E-state index contributed by atoms with van der Waals surface area (Å²) in [7, 11) is 0. The first-order valence-electron chi connectivity index (χ1n) is 11.7. The van der Waals surface area contributed by atoms with Crippen molar-refractivity contribution in [3.05, 3.63) is 0 Å². The van der Waals surface area contributed by atoms with Gasteiger partial charge in [-0.05, 0) is 30.9 Å². The van der Waals surface area contributed by atoms with E-state index in [-0.39, 0.29) is 18.4 Å². The van der Waals surface area contributed by atoms with Crippen LogP contribution in [0.5, 0.6) is 0 Å². The molecule has 10 heteroatoms. The number of thioether (sulfide) groups is 1. The number of carbonyl (C=O) groups excluding carboxylic acids is 2. The van der Waals surface area contributed by atoms with Gasteiger partial charge < -0.3 is 31.1 Å². The van der Waals surface area contributed by atoms with E-state index in [0.29, 0.717) is 18.9 Å². The van der Waals surface area contributed by atoms with E-state index in [9.17, 15) is 24.9 Å². The standard InChI is InChI=1S/C22H41N3O6S/c1-5-6-7-8-13-9-14(25(10-13)11-15(23)26)21(30)24-16(12(2)3)20-18(28)17(27)19(29)22(31-20)32-4/h12-14,16-20,22,27-29H,5-11H2,1-4H3,(H2,23,26)(H,24,30)/t13-,14+,16-,17+,18-,19-,20-,22-/m1/s1. The molecule has 0 radical (unpaired) electrons. The average molecular weight is 476 g/mol. The van der Waals surface area contributed by atoms with Crippen LogP contribution in [0.3, 0.4) is 0 Å². The fourth-order valence-electron chi connectivity index (χ4n) is 4.79. The van der Waals surface area contributed by atoms with E-state index in [1.807, 2.05) is 18.7 Å². The van der Waals surface area contributed by atoms with Gasteiger partial charge in [0, 0.05) is 6.54 Å². The lowest BCUT2D eigenvalue weighted by molar-refractivity contribution is -0.208. The molecule has 0 spiro atoms. The van der Waals surface area contributed by atoms with Crippen LogP contribution in [0, 0.1) is 11.8 Å². The number of unbranched alkanes of at least 4 members (excludes halogenated alkanes) is 2. The summed E-state index contributed by atoms with van der Waals surface area (Å²) in [5, 5.41) is 34.0. The fourth-order valence-corrected chi connectivity index (χ4v) is 5.47. The Morgan fingerprint density at radius 3 is 2.44 bits per heavy atom. The molecule has 32 heavy (non-hydrogen) atoms. The molecule has 2 aliphatic rings. The van der Waals surface area contributed by atoms with Gasteiger partial charge in [0.05, 0.1) is 18.6 Å². The maximum absolute atomic E-state index is 13.3. The van der Waals surface area contributed by atoms with Crippen molar-refractivity contribution in [1.29, 1.82) is 0 Å². The van der Waals surface area contributed by atoms with Gasteiger partial charge in [0.15, 0.2) is 0 Å². The summed E-state index contributed by atoms with van der Waals surface area (Å²) in [6, 6.07) is -1.06. The van der Waals surface area contributed by atoms with Gasteiger partial charge in [-0.2, -0.15) is 0 Å². The number of carbonyl (C=O) groups is 2. The van der Waals surface area contributed by atoms with Crippen LogP contribution in [0.25, 0.3) is 0 Å². The lowest BCUT2D eigenvalue weighted by atomic mass is 9.88. The maximum Gasteiger partial charge on any atom is 0.237 e. The van der Waals surface area contributed by atoms with Crippen molar-refractivity contribution < 1.29 is 29.6 Å². The maximum atomic E-state index is 13.3. The lowest BCUT2D eigenvalue weighted by Crippen LogP contribution is -2.64. The molecule has 2 rings (SSSR count). The molecule has 2 saturated heterocycles. The number of hydrogen-bond donors (Lipinski definition) is 5. The minimum atomic E-state index is -1.37. The fraction of sp³-hybridized carbons (Fsp3) is 0.909. The van der Waals surface area contributed by atoms with Gasteiger partial charge in [-0.25, -0.2) is 0 Å². The summed E-state index contributed by atoms with van der Waals surface area (Å²) < 4.78 is 5.90. The van der Waals surface area contributed by atoms with Gasteiger partial charge in [-0.1, -0.05) is 40.0 Å². The second-order valence-corrected chi connectivity index (χ2v) is 10.4. The van der Waals surface area contributed by atoms with Crippen LogP contribution in [-0.2, 0) is 14.3 Å². The van der Waals surface area contributed by atoms with Crippen molar-refractivity contribution in [2.24, 2.45) is 17.6 Å². The molecule has 186 valence electrons. The Kier molecular flexibility index (Phi) is 10.7. The van der Waals surface area contributed by atoms with Crippen molar-refractivity contribution >= 4 is 23.6 Å². The number of nitrogens with two attached hydrogens (primary N) is 1. The normalized spacial score (nSPS) is 34.6. The molecule has 0 unspecified atom stereocenters. The average Bonchev–Trinajstić information content (AvgIpc) is 3.12. The number of likely N-dealkylation sites (tertiary alicyclic amines) is 1. The quantitative estimate of drug-likeness (QED) is 0.264. The molecule has 0 aromatic heterocycles. The second-order valence-electron chi connectivity index (χ2n) is 9.46. The van der Waals surface area contributed by atoms with Crippen LogP contribution in [-0.4, -0.2) is 93.3 Å². The molecule has 0 aliphatic carbocycles. The molecule has 0 saturated carbocycles. The monoisotopic (exact) mass is 475 g/mol. The van der Waals surface area contributed by atoms with E-state index in [1.54, 1.807) is 6.26 Å². The first-order chi connectivity index (χ1) is 15.1. The zero-order valence-corrected chi connectivity index (χ0v) is 20.5. The number of ether oxygens (including phenoxy) is 1. The molecule has 2 heterocycles. The number of aliphatic hydroxyl groups is 3. The molecular weight excluding hydrogens is 434 g/mol. The van der Waals surface area contributed by atoms with Crippen LogP contribution in [0.15, 0.2) is 0 Å². The number of amides is 2. The number of aliphatic hydroxyl groups excluding tert-OH is 3. The van der Waals surface area contributed by atoms with Gasteiger partial charge in [0.2, 0.25) is 11.8 Å². The van der Waals surface area contributed by atoms with Crippen LogP contribution in [0.1, 0.15) is 52.9 Å². The topological polar surface area (TPSA) is 145 Å². The lowest BCUT2D eigenvalue weighted by Gasteiger charge is -2.44. The van der Waals surface area contributed by atoms with Gasteiger partial charge >= 0.3 is 0 Å². The largest absolute Gasteiger partial charge is 0.388 e. The minimum Gasteiger partial charge on any atom is -0.388 e. The summed E-state index contributed by atoms with van der Waals surface area (Å²) >= 11 is 1.24. The van der Waals surface area contributed by atoms with E-state index in [1.165, 1.54) is 11.8 Å². The summed E-state index contributed by atoms with van der Waals surface area (Å²) in [5.41, 5.74) is 4.72. The van der Waals surface area contributed by atoms with Crippen LogP contribution >= 0.6 is 11.8 Å². The van der Waals surface area contributed by atoms with Crippen molar-refractivity contribution in [2.75, 3.05) is 19.3 Å². The van der Waals surface area contributed by atoms with Gasteiger partial charge in [-0.15, -0.1) is 11.8 Å². The van der Waals surface area contributed by atoms with E-state index < -0.39 is 47.8 Å². The molecule has 0 aromatic rings. The van der Waals surface area contributed by atoms with Crippen LogP contribution in [0.2, 0.25) is 0 Å². The number of nitrogens with zero attached hydrogens (tertiary/aromatic N) is 1. The molecule has 0 bridgehead atoms. The Morgan fingerprint density at radius 2 is 1.88 bits per heavy atom. The van der Waals surface area contributed by atoms with E-state index in [2.05, 4.69) is 12.2 Å². The van der Waals surface area contributed by atoms with Crippen molar-refractivity contribution in [2.45, 2.75) is 94.8 Å². The van der Waals surface area contributed by atoms with Gasteiger partial charge in [0.25, 0.3) is 0 Å². The Balaban J connectivity index is 2.13. The Hall–Kier alpha value is -0.910. The van der Waals surface area contributed by atoms with Crippen molar-refractivity contribution in [3.8, 4) is 0 Å². The second kappa shape index (κ2) is 12.5. The van der Waals surface area contributed by atoms with Crippen molar-refractivity contribution in [3.63, 3.8) is 0 Å². The Morgan fingerprint density at radius 1 is 1.19 bits per heavy atom. The van der Waals surface area contributed by atoms with Gasteiger partial charge in [0.1, 0.15) is 29.9 Å². The number of hydrogen-bond acceptors (Lipinski definition) is 8. The predicted molar refractivity (Wildman–Crippen MR) is 124 cm³/mol. The molecular formula is C22H41N3O6S. The summed E-state index contributed by atoms with van der Waals surface area (Å²) in [5.74, 6) is -0.484. The first-order valence-corrected chi connectivity index (χ1v) is 12.9. The summed E-state index contributed by atoms with van der Waals surface area (Å²) in [4.78, 5) is 26.7. The predicted octanol–water partition coefficient (Wildman–Crippen LogP) is 0.0539.